The Morgan fingerprint density at radius 1 is 1.05 bits per heavy atom. The van der Waals surface area contributed by atoms with E-state index in [1.54, 1.807) is 30.3 Å². The Morgan fingerprint density at radius 3 is 2.20 bits per heavy atom. The van der Waals surface area contributed by atoms with Crippen LogP contribution in [0, 0.1) is 0 Å². The van der Waals surface area contributed by atoms with Crippen LogP contribution in [0.3, 0.4) is 0 Å². The van der Waals surface area contributed by atoms with Crippen LogP contribution in [0.15, 0.2) is 64.6 Å². The fourth-order valence-electron chi connectivity index (χ4n) is 1.58. The van der Waals surface area contributed by atoms with Crippen LogP contribution < -0.4 is 10.5 Å². The van der Waals surface area contributed by atoms with Crippen molar-refractivity contribution in [1.82, 2.24) is 0 Å². The van der Waals surface area contributed by atoms with Gasteiger partial charge in [0.2, 0.25) is 0 Å². The molecule has 0 fully saturated rings. The summed E-state index contributed by atoms with van der Waals surface area (Å²) < 4.78 is 26.6. The van der Waals surface area contributed by atoms with Crippen LogP contribution in [0.2, 0.25) is 0 Å². The molecule has 0 spiro atoms. The largest absolute Gasteiger partial charge is 0.409 e. The molecule has 2 aromatic rings. The lowest BCUT2D eigenvalue weighted by molar-refractivity contribution is 0.318. The maximum atomic E-state index is 12.1. The van der Waals surface area contributed by atoms with E-state index < -0.39 is 10.0 Å². The van der Waals surface area contributed by atoms with Gasteiger partial charge in [-0.05, 0) is 36.4 Å². The number of nitrogens with two attached hydrogens (primary N) is 1. The molecule has 2 aromatic carbocycles. The summed E-state index contributed by atoms with van der Waals surface area (Å²) in [7, 11) is -3.61. The van der Waals surface area contributed by atoms with Crippen LogP contribution >= 0.6 is 0 Å². The van der Waals surface area contributed by atoms with Gasteiger partial charge in [-0.25, -0.2) is 8.42 Å². The van der Waals surface area contributed by atoms with Gasteiger partial charge >= 0.3 is 0 Å². The summed E-state index contributed by atoms with van der Waals surface area (Å²) in [5.41, 5.74) is 6.31. The molecule has 0 unspecified atom stereocenters. The minimum atomic E-state index is -3.61. The quantitative estimate of drug-likeness (QED) is 0.344. The van der Waals surface area contributed by atoms with Gasteiger partial charge in [-0.1, -0.05) is 23.4 Å². The molecule has 0 atom stereocenters. The highest BCUT2D eigenvalue weighted by Gasteiger charge is 2.13. The van der Waals surface area contributed by atoms with Crippen LogP contribution in [-0.2, 0) is 10.0 Å². The Kier molecular flexibility index (Phi) is 3.90. The molecule has 4 N–H and O–H groups in total. The first kappa shape index (κ1) is 13.9. The molecule has 2 rings (SSSR count). The van der Waals surface area contributed by atoms with Gasteiger partial charge in [0, 0.05) is 11.3 Å². The maximum absolute atomic E-state index is 12.1. The highest BCUT2D eigenvalue weighted by atomic mass is 32.2. The smallest absolute Gasteiger partial charge is 0.261 e. The molecule has 0 aliphatic rings. The molecular formula is C13H13N3O3S. The highest BCUT2D eigenvalue weighted by molar-refractivity contribution is 7.92. The fourth-order valence-corrected chi connectivity index (χ4v) is 2.66. The average Bonchev–Trinajstić information content (AvgIpc) is 2.48. The first-order valence-corrected chi connectivity index (χ1v) is 7.17. The molecule has 7 heteroatoms. The third kappa shape index (κ3) is 3.07. The van der Waals surface area contributed by atoms with Crippen molar-refractivity contribution in [2.75, 3.05) is 4.72 Å². The van der Waals surface area contributed by atoms with Gasteiger partial charge in [-0.2, -0.15) is 0 Å². The van der Waals surface area contributed by atoms with Crippen molar-refractivity contribution in [3.8, 4) is 0 Å². The summed E-state index contributed by atoms with van der Waals surface area (Å²) in [4.78, 5) is 0.181. The summed E-state index contributed by atoms with van der Waals surface area (Å²) in [6, 6.07) is 14.2. The highest BCUT2D eigenvalue weighted by Crippen LogP contribution is 2.16. The van der Waals surface area contributed by atoms with Gasteiger partial charge in [0.25, 0.3) is 10.0 Å². The predicted octanol–water partition coefficient (Wildman–Crippen LogP) is 1.58. The Balaban J connectivity index is 2.23. The van der Waals surface area contributed by atoms with E-state index in [1.165, 1.54) is 24.3 Å². The van der Waals surface area contributed by atoms with Crippen molar-refractivity contribution in [3.05, 3.63) is 60.2 Å². The van der Waals surface area contributed by atoms with Crippen LogP contribution in [0.4, 0.5) is 5.69 Å². The number of sulfonamides is 1. The molecular weight excluding hydrogens is 278 g/mol. The lowest BCUT2D eigenvalue weighted by Gasteiger charge is -2.08. The second-order valence-corrected chi connectivity index (χ2v) is 5.66. The van der Waals surface area contributed by atoms with E-state index in [0.29, 0.717) is 11.3 Å². The van der Waals surface area contributed by atoms with Crippen LogP contribution in [0.1, 0.15) is 5.56 Å². The van der Waals surface area contributed by atoms with Gasteiger partial charge in [0.15, 0.2) is 5.84 Å². The van der Waals surface area contributed by atoms with E-state index in [0.717, 1.165) is 0 Å². The molecule has 0 saturated carbocycles. The lowest BCUT2D eigenvalue weighted by atomic mass is 10.2. The Hall–Kier alpha value is -2.54. The average molecular weight is 291 g/mol. The second kappa shape index (κ2) is 5.62. The summed E-state index contributed by atoms with van der Waals surface area (Å²) in [5.74, 6) is -0.0394. The van der Waals surface area contributed by atoms with Crippen molar-refractivity contribution >= 4 is 21.5 Å². The molecule has 0 aliphatic carbocycles. The number of rotatable bonds is 4. The number of nitrogens with one attached hydrogen (secondary N) is 1. The number of benzene rings is 2. The van der Waals surface area contributed by atoms with E-state index >= 15 is 0 Å². The summed E-state index contributed by atoms with van der Waals surface area (Å²) in [6.45, 7) is 0. The van der Waals surface area contributed by atoms with Gasteiger partial charge in [0.1, 0.15) is 0 Å². The first-order valence-electron chi connectivity index (χ1n) is 5.69. The predicted molar refractivity (Wildman–Crippen MR) is 76.2 cm³/mol. The van der Waals surface area contributed by atoms with Crippen LogP contribution in [-0.4, -0.2) is 19.5 Å². The van der Waals surface area contributed by atoms with E-state index in [4.69, 9.17) is 10.9 Å². The van der Waals surface area contributed by atoms with Gasteiger partial charge in [-0.3, -0.25) is 4.72 Å². The maximum Gasteiger partial charge on any atom is 0.261 e. The summed E-state index contributed by atoms with van der Waals surface area (Å²) in [5, 5.41) is 11.4. The third-order valence-electron chi connectivity index (χ3n) is 2.59. The Morgan fingerprint density at radius 2 is 1.65 bits per heavy atom. The third-order valence-corrected chi connectivity index (χ3v) is 3.99. The molecule has 6 nitrogen and oxygen atoms in total. The number of oxime groups is 1. The molecule has 104 valence electrons. The molecule has 0 heterocycles. The zero-order valence-corrected chi connectivity index (χ0v) is 11.2. The standard InChI is InChI=1S/C13H13N3O3S/c14-13(15-17)10-6-8-11(9-7-10)16-20(18,19)12-4-2-1-3-5-12/h1-9,16-17H,(H2,14,15). The molecule has 0 aliphatic heterocycles. The van der Waals surface area contributed by atoms with Crippen molar-refractivity contribution in [2.24, 2.45) is 10.9 Å². The fraction of sp³-hybridized carbons (Fsp3) is 0. The minimum absolute atomic E-state index is 0.0394. The SMILES string of the molecule is N/C(=N\O)c1ccc(NS(=O)(=O)c2ccccc2)cc1. The Bertz CT molecular complexity index is 710. The topological polar surface area (TPSA) is 105 Å². The summed E-state index contributed by atoms with van der Waals surface area (Å²) >= 11 is 0. The monoisotopic (exact) mass is 291 g/mol. The molecule has 0 saturated heterocycles. The second-order valence-electron chi connectivity index (χ2n) is 3.98. The van der Waals surface area contributed by atoms with Gasteiger partial charge in [-0.15, -0.1) is 0 Å². The number of hydrogen-bond acceptors (Lipinski definition) is 4. The minimum Gasteiger partial charge on any atom is -0.409 e. The van der Waals surface area contributed by atoms with E-state index in [-0.39, 0.29) is 10.7 Å². The van der Waals surface area contributed by atoms with Crippen LogP contribution in [0.5, 0.6) is 0 Å². The van der Waals surface area contributed by atoms with E-state index in [9.17, 15) is 8.42 Å². The normalized spacial score (nSPS) is 12.1. The van der Waals surface area contributed by atoms with E-state index in [1.807, 2.05) is 0 Å². The van der Waals surface area contributed by atoms with E-state index in [2.05, 4.69) is 9.88 Å². The molecule has 0 radical (unpaired) electrons. The first-order chi connectivity index (χ1) is 9.53. The zero-order valence-electron chi connectivity index (χ0n) is 10.4. The molecule has 20 heavy (non-hydrogen) atoms. The van der Waals surface area contributed by atoms with Crippen molar-refractivity contribution in [3.63, 3.8) is 0 Å². The zero-order chi connectivity index (χ0) is 14.6. The molecule has 0 bridgehead atoms. The van der Waals surface area contributed by atoms with Crippen molar-refractivity contribution < 1.29 is 13.6 Å². The number of nitrogens with zero attached hydrogens (tertiary/aromatic N) is 1. The van der Waals surface area contributed by atoms with Gasteiger partial charge < -0.3 is 10.9 Å². The molecule has 0 aromatic heterocycles. The van der Waals surface area contributed by atoms with Crippen molar-refractivity contribution in [1.29, 1.82) is 0 Å². The van der Waals surface area contributed by atoms with Crippen molar-refractivity contribution in [2.45, 2.75) is 4.90 Å². The number of amidine groups is 1. The summed E-state index contributed by atoms with van der Waals surface area (Å²) in [6.07, 6.45) is 0. The number of hydrogen-bond donors (Lipinski definition) is 3. The lowest BCUT2D eigenvalue weighted by Crippen LogP contribution is -2.14. The molecule has 0 amide bonds. The van der Waals surface area contributed by atoms with Crippen LogP contribution in [0.25, 0.3) is 0 Å². The Labute approximate surface area is 116 Å². The van der Waals surface area contributed by atoms with Gasteiger partial charge in [0.05, 0.1) is 4.90 Å². The number of anilines is 1.